The van der Waals surface area contributed by atoms with E-state index in [1.165, 1.54) is 11.3 Å². The number of nitrogens with one attached hydrogen (secondary N) is 1. The maximum Gasteiger partial charge on any atom is 0.194 e. The van der Waals surface area contributed by atoms with E-state index in [4.69, 9.17) is 19.2 Å². The minimum Gasteiger partial charge on any atom is -0.497 e. The highest BCUT2D eigenvalue weighted by atomic mass is 16.5. The molecule has 1 heterocycles. The van der Waals surface area contributed by atoms with Crippen molar-refractivity contribution in [2.45, 2.75) is 20.0 Å². The maximum atomic E-state index is 5.54. The van der Waals surface area contributed by atoms with Crippen LogP contribution in [0.3, 0.4) is 0 Å². The molecule has 0 atom stereocenters. The lowest BCUT2D eigenvalue weighted by Gasteiger charge is -2.28. The van der Waals surface area contributed by atoms with Gasteiger partial charge in [-0.15, -0.1) is 0 Å². The Labute approximate surface area is 185 Å². The van der Waals surface area contributed by atoms with Gasteiger partial charge in [0.15, 0.2) is 5.96 Å². The Kier molecular flexibility index (Phi) is 8.41. The number of morpholine rings is 1. The number of rotatable bonds is 8. The van der Waals surface area contributed by atoms with E-state index in [0.29, 0.717) is 13.1 Å². The lowest BCUT2D eigenvalue weighted by molar-refractivity contribution is 0.122. The summed E-state index contributed by atoms with van der Waals surface area (Å²) in [7, 11) is 5.37. The van der Waals surface area contributed by atoms with E-state index in [9.17, 15) is 0 Å². The van der Waals surface area contributed by atoms with Gasteiger partial charge in [0.25, 0.3) is 0 Å². The molecule has 1 aliphatic heterocycles. The quantitative estimate of drug-likeness (QED) is 0.517. The van der Waals surface area contributed by atoms with Crippen molar-refractivity contribution in [3.8, 4) is 11.5 Å². The van der Waals surface area contributed by atoms with Gasteiger partial charge in [-0.2, -0.15) is 0 Å². The molecular formula is C24H34N4O3. The fourth-order valence-corrected chi connectivity index (χ4v) is 3.58. The fraction of sp³-hybridized carbons (Fsp3) is 0.458. The first kappa shape index (κ1) is 22.7. The molecule has 0 spiro atoms. The van der Waals surface area contributed by atoms with E-state index < -0.39 is 0 Å². The number of anilines is 1. The van der Waals surface area contributed by atoms with E-state index in [1.54, 1.807) is 14.2 Å². The minimum atomic E-state index is 0.621. The maximum absolute atomic E-state index is 5.54. The normalized spacial score (nSPS) is 14.3. The molecule has 1 aliphatic rings. The van der Waals surface area contributed by atoms with Crippen LogP contribution in [0.15, 0.2) is 47.5 Å². The summed E-state index contributed by atoms with van der Waals surface area (Å²) >= 11 is 0. The second kappa shape index (κ2) is 11.5. The van der Waals surface area contributed by atoms with E-state index in [0.717, 1.165) is 55.9 Å². The molecule has 7 heteroatoms. The second-order valence-corrected chi connectivity index (χ2v) is 7.47. The summed E-state index contributed by atoms with van der Waals surface area (Å²) in [6, 6.07) is 14.6. The van der Waals surface area contributed by atoms with Crippen molar-refractivity contribution in [1.82, 2.24) is 10.2 Å². The monoisotopic (exact) mass is 426 g/mol. The van der Waals surface area contributed by atoms with Gasteiger partial charge in [0, 0.05) is 50.5 Å². The van der Waals surface area contributed by atoms with Crippen LogP contribution in [0, 0.1) is 0 Å². The summed E-state index contributed by atoms with van der Waals surface area (Å²) in [5.41, 5.74) is 3.50. The Hall–Kier alpha value is -2.93. The molecule has 0 bridgehead atoms. The van der Waals surface area contributed by atoms with Crippen LogP contribution in [-0.4, -0.2) is 65.0 Å². The van der Waals surface area contributed by atoms with Gasteiger partial charge >= 0.3 is 0 Å². The van der Waals surface area contributed by atoms with Gasteiger partial charge in [0.05, 0.1) is 34.0 Å². The van der Waals surface area contributed by atoms with Gasteiger partial charge in [0.2, 0.25) is 0 Å². The Balaban J connectivity index is 1.66. The Morgan fingerprint density at radius 2 is 1.84 bits per heavy atom. The van der Waals surface area contributed by atoms with E-state index >= 15 is 0 Å². The van der Waals surface area contributed by atoms with Crippen molar-refractivity contribution in [3.63, 3.8) is 0 Å². The van der Waals surface area contributed by atoms with Gasteiger partial charge in [-0.1, -0.05) is 12.1 Å². The van der Waals surface area contributed by atoms with Crippen molar-refractivity contribution in [1.29, 1.82) is 0 Å². The number of nitrogens with zero attached hydrogens (tertiary/aromatic N) is 3. The number of benzene rings is 2. The number of hydrogen-bond donors (Lipinski definition) is 1. The van der Waals surface area contributed by atoms with Gasteiger partial charge < -0.3 is 29.3 Å². The number of guanidine groups is 1. The average molecular weight is 427 g/mol. The zero-order valence-electron chi connectivity index (χ0n) is 19.1. The number of hydrogen-bond acceptors (Lipinski definition) is 5. The molecule has 168 valence electrons. The number of methoxy groups -OCH3 is 2. The third kappa shape index (κ3) is 6.28. The highest BCUT2D eigenvalue weighted by Crippen LogP contribution is 2.25. The summed E-state index contributed by atoms with van der Waals surface area (Å²) in [6.45, 7) is 7.66. The molecule has 2 aromatic carbocycles. The SMILES string of the molecule is CCNC(=NCc1ccc(N2CCOCC2)cc1)N(C)Cc1ccc(OC)cc1OC. The highest BCUT2D eigenvalue weighted by molar-refractivity contribution is 5.79. The predicted octanol–water partition coefficient (Wildman–Crippen LogP) is 3.14. The van der Waals surface area contributed by atoms with Crippen LogP contribution in [-0.2, 0) is 17.8 Å². The first-order valence-electron chi connectivity index (χ1n) is 10.8. The Morgan fingerprint density at radius 3 is 2.48 bits per heavy atom. The fourth-order valence-electron chi connectivity index (χ4n) is 3.58. The smallest absolute Gasteiger partial charge is 0.194 e. The lowest BCUT2D eigenvalue weighted by atomic mass is 10.2. The third-order valence-electron chi connectivity index (χ3n) is 5.32. The van der Waals surface area contributed by atoms with Gasteiger partial charge in [-0.3, -0.25) is 0 Å². The van der Waals surface area contributed by atoms with Crippen LogP contribution in [0.4, 0.5) is 5.69 Å². The first-order valence-corrected chi connectivity index (χ1v) is 10.8. The summed E-state index contributed by atoms with van der Waals surface area (Å²) < 4.78 is 16.3. The molecule has 0 aromatic heterocycles. The molecule has 7 nitrogen and oxygen atoms in total. The van der Waals surface area contributed by atoms with Crippen LogP contribution in [0.2, 0.25) is 0 Å². The molecular weight excluding hydrogens is 392 g/mol. The summed E-state index contributed by atoms with van der Waals surface area (Å²) in [4.78, 5) is 9.31. The van der Waals surface area contributed by atoms with Crippen molar-refractivity contribution in [3.05, 3.63) is 53.6 Å². The summed E-state index contributed by atoms with van der Waals surface area (Å²) in [5, 5.41) is 3.38. The topological polar surface area (TPSA) is 58.6 Å². The molecule has 1 saturated heterocycles. The highest BCUT2D eigenvalue weighted by Gasteiger charge is 2.12. The standard InChI is InChI=1S/C24H34N4O3/c1-5-25-24(27(2)18-20-8-11-22(29-3)16-23(20)30-4)26-17-19-6-9-21(10-7-19)28-12-14-31-15-13-28/h6-11,16H,5,12-15,17-18H2,1-4H3,(H,25,26). The molecule has 0 saturated carbocycles. The van der Waals surface area contributed by atoms with Gasteiger partial charge in [0.1, 0.15) is 11.5 Å². The summed E-state index contributed by atoms with van der Waals surface area (Å²) in [6.07, 6.45) is 0. The van der Waals surface area contributed by atoms with Crippen LogP contribution < -0.4 is 19.7 Å². The van der Waals surface area contributed by atoms with Crippen molar-refractivity contribution >= 4 is 11.6 Å². The zero-order chi connectivity index (χ0) is 22.1. The molecule has 31 heavy (non-hydrogen) atoms. The number of ether oxygens (including phenoxy) is 3. The predicted molar refractivity (Wildman–Crippen MR) is 125 cm³/mol. The van der Waals surface area contributed by atoms with E-state index in [2.05, 4.69) is 46.3 Å². The van der Waals surface area contributed by atoms with Crippen molar-refractivity contribution < 1.29 is 14.2 Å². The largest absolute Gasteiger partial charge is 0.497 e. The molecule has 0 amide bonds. The average Bonchev–Trinajstić information content (AvgIpc) is 2.82. The van der Waals surface area contributed by atoms with Gasteiger partial charge in [-0.05, 0) is 36.8 Å². The van der Waals surface area contributed by atoms with E-state index in [-0.39, 0.29) is 0 Å². The number of aliphatic imine (C=N–C) groups is 1. The molecule has 2 aromatic rings. The summed E-state index contributed by atoms with van der Waals surface area (Å²) in [5.74, 6) is 2.45. The first-order chi connectivity index (χ1) is 15.1. The molecule has 0 radical (unpaired) electrons. The third-order valence-corrected chi connectivity index (χ3v) is 5.32. The lowest BCUT2D eigenvalue weighted by Crippen LogP contribution is -2.38. The van der Waals surface area contributed by atoms with Crippen LogP contribution in [0.1, 0.15) is 18.1 Å². The van der Waals surface area contributed by atoms with Crippen LogP contribution in [0.25, 0.3) is 0 Å². The van der Waals surface area contributed by atoms with Gasteiger partial charge in [-0.25, -0.2) is 4.99 Å². The second-order valence-electron chi connectivity index (χ2n) is 7.47. The minimum absolute atomic E-state index is 0.621. The molecule has 3 rings (SSSR count). The zero-order valence-corrected chi connectivity index (χ0v) is 19.1. The molecule has 0 aliphatic carbocycles. The Morgan fingerprint density at radius 1 is 1.10 bits per heavy atom. The molecule has 1 fully saturated rings. The van der Waals surface area contributed by atoms with E-state index in [1.807, 2.05) is 25.2 Å². The molecule has 1 N–H and O–H groups in total. The Bertz CT molecular complexity index is 848. The molecule has 0 unspecified atom stereocenters. The van der Waals surface area contributed by atoms with Crippen LogP contribution >= 0.6 is 0 Å². The van der Waals surface area contributed by atoms with Crippen molar-refractivity contribution in [2.24, 2.45) is 4.99 Å². The van der Waals surface area contributed by atoms with Crippen LogP contribution in [0.5, 0.6) is 11.5 Å². The van der Waals surface area contributed by atoms with Crippen molar-refractivity contribution in [2.75, 3.05) is 59.0 Å².